The SMILES string of the molecule is COc1ccc(CCC(=O)Nc2ccc3nc(N4CC5CCC4CC5)ccc3c2)cc1. The summed E-state index contributed by atoms with van der Waals surface area (Å²) >= 11 is 0. The maximum absolute atomic E-state index is 12.4. The zero-order chi connectivity index (χ0) is 21.2. The van der Waals surface area contributed by atoms with E-state index in [2.05, 4.69) is 22.3 Å². The number of methoxy groups -OCH3 is 1. The van der Waals surface area contributed by atoms with E-state index in [4.69, 9.17) is 9.72 Å². The van der Waals surface area contributed by atoms with Gasteiger partial charge in [-0.2, -0.15) is 0 Å². The van der Waals surface area contributed by atoms with Gasteiger partial charge in [0.1, 0.15) is 11.6 Å². The molecule has 0 atom stereocenters. The summed E-state index contributed by atoms with van der Waals surface area (Å²) in [5.41, 5.74) is 2.92. The molecule has 1 amide bonds. The number of ether oxygens (including phenoxy) is 1. The first-order valence-corrected chi connectivity index (χ1v) is 11.3. The van der Waals surface area contributed by atoms with Crippen LogP contribution in [-0.2, 0) is 11.2 Å². The number of pyridine rings is 1. The average molecular weight is 416 g/mol. The number of amides is 1. The summed E-state index contributed by atoms with van der Waals surface area (Å²) in [6.07, 6.45) is 6.48. The molecule has 160 valence electrons. The van der Waals surface area contributed by atoms with Crippen LogP contribution in [0.5, 0.6) is 5.75 Å². The molecule has 2 bridgehead atoms. The van der Waals surface area contributed by atoms with Crippen LogP contribution in [0, 0.1) is 5.92 Å². The zero-order valence-electron chi connectivity index (χ0n) is 18.0. The molecule has 1 aliphatic carbocycles. The zero-order valence-corrected chi connectivity index (χ0v) is 18.0. The fraction of sp³-hybridized carbons (Fsp3) is 0.385. The Bertz CT molecular complexity index is 1070. The fourth-order valence-electron chi connectivity index (χ4n) is 4.97. The van der Waals surface area contributed by atoms with Crippen LogP contribution in [0.4, 0.5) is 11.5 Å². The van der Waals surface area contributed by atoms with Gasteiger partial charge in [-0.15, -0.1) is 0 Å². The fourth-order valence-corrected chi connectivity index (χ4v) is 4.97. The molecule has 2 aliphatic heterocycles. The molecule has 3 heterocycles. The van der Waals surface area contributed by atoms with Crippen LogP contribution in [0.3, 0.4) is 0 Å². The van der Waals surface area contributed by atoms with Crippen molar-refractivity contribution in [1.29, 1.82) is 0 Å². The number of hydrogen-bond acceptors (Lipinski definition) is 4. The molecule has 3 fully saturated rings. The van der Waals surface area contributed by atoms with E-state index in [9.17, 15) is 4.79 Å². The topological polar surface area (TPSA) is 54.5 Å². The van der Waals surface area contributed by atoms with Crippen molar-refractivity contribution < 1.29 is 9.53 Å². The summed E-state index contributed by atoms with van der Waals surface area (Å²) in [4.78, 5) is 19.9. The predicted octanol–water partition coefficient (Wildman–Crippen LogP) is 5.19. The molecule has 1 N–H and O–H groups in total. The van der Waals surface area contributed by atoms with Gasteiger partial charge in [-0.25, -0.2) is 4.98 Å². The van der Waals surface area contributed by atoms with E-state index in [1.54, 1.807) is 7.11 Å². The van der Waals surface area contributed by atoms with E-state index in [1.807, 2.05) is 42.5 Å². The molecule has 1 aromatic heterocycles. The Morgan fingerprint density at radius 3 is 2.58 bits per heavy atom. The van der Waals surface area contributed by atoms with Crippen molar-refractivity contribution in [3.63, 3.8) is 0 Å². The summed E-state index contributed by atoms with van der Waals surface area (Å²) in [5, 5.41) is 4.08. The Morgan fingerprint density at radius 2 is 1.87 bits per heavy atom. The largest absolute Gasteiger partial charge is 0.497 e. The second-order valence-electron chi connectivity index (χ2n) is 8.80. The third-order valence-corrected chi connectivity index (χ3v) is 6.76. The number of rotatable bonds is 6. The maximum atomic E-state index is 12.4. The summed E-state index contributed by atoms with van der Waals surface area (Å²) in [5.74, 6) is 2.77. The summed E-state index contributed by atoms with van der Waals surface area (Å²) < 4.78 is 5.18. The van der Waals surface area contributed by atoms with E-state index in [1.165, 1.54) is 25.7 Å². The first-order chi connectivity index (χ1) is 15.2. The number of fused-ring (bicyclic) bond motifs is 4. The predicted molar refractivity (Wildman–Crippen MR) is 125 cm³/mol. The lowest BCUT2D eigenvalue weighted by atomic mass is 9.80. The van der Waals surface area contributed by atoms with Crippen LogP contribution < -0.4 is 15.0 Å². The van der Waals surface area contributed by atoms with Crippen molar-refractivity contribution in [1.82, 2.24) is 4.98 Å². The highest BCUT2D eigenvalue weighted by Gasteiger charge is 2.34. The first kappa shape index (κ1) is 19.9. The quantitative estimate of drug-likeness (QED) is 0.602. The van der Waals surface area contributed by atoms with Crippen LogP contribution in [0.15, 0.2) is 54.6 Å². The number of piperidine rings is 2. The molecule has 5 heteroatoms. The van der Waals surface area contributed by atoms with Crippen molar-refractivity contribution >= 4 is 28.3 Å². The standard InChI is InChI=1S/C26H29N3O2/c1-31-23-11-4-18(5-12-23)6-15-26(30)27-21-8-13-24-20(16-21)7-14-25(28-24)29-17-19-2-9-22(29)10-3-19/h4-5,7-8,11-14,16,19,22H,2-3,6,9-10,15,17H2,1H3,(H,27,30). The van der Waals surface area contributed by atoms with Crippen molar-refractivity contribution in [2.24, 2.45) is 5.92 Å². The van der Waals surface area contributed by atoms with Gasteiger partial charge in [0, 0.05) is 30.1 Å². The van der Waals surface area contributed by atoms with Gasteiger partial charge in [-0.05, 0) is 86.1 Å². The minimum absolute atomic E-state index is 0.0177. The third kappa shape index (κ3) is 4.36. The number of nitrogens with one attached hydrogen (secondary N) is 1. The Hall–Kier alpha value is -3.08. The van der Waals surface area contributed by atoms with Crippen molar-refractivity contribution in [2.45, 2.75) is 44.6 Å². The lowest BCUT2D eigenvalue weighted by Gasteiger charge is -2.46. The molecule has 2 aromatic carbocycles. The molecule has 3 aliphatic rings. The molecule has 0 spiro atoms. The smallest absolute Gasteiger partial charge is 0.224 e. The van der Waals surface area contributed by atoms with Gasteiger partial charge in [0.15, 0.2) is 0 Å². The minimum atomic E-state index is 0.0177. The van der Waals surface area contributed by atoms with E-state index in [0.29, 0.717) is 18.9 Å². The van der Waals surface area contributed by atoms with Gasteiger partial charge in [0.05, 0.1) is 12.6 Å². The van der Waals surface area contributed by atoms with Gasteiger partial charge in [0.25, 0.3) is 0 Å². The number of aryl methyl sites for hydroxylation is 1. The number of nitrogens with zero attached hydrogens (tertiary/aromatic N) is 2. The average Bonchev–Trinajstić information content (AvgIpc) is 2.83. The first-order valence-electron chi connectivity index (χ1n) is 11.3. The highest BCUT2D eigenvalue weighted by atomic mass is 16.5. The second kappa shape index (κ2) is 8.58. The lowest BCUT2D eigenvalue weighted by molar-refractivity contribution is -0.116. The summed E-state index contributed by atoms with van der Waals surface area (Å²) in [6.45, 7) is 1.14. The van der Waals surface area contributed by atoms with Crippen LogP contribution >= 0.6 is 0 Å². The van der Waals surface area contributed by atoms with Crippen molar-refractivity contribution in [3.8, 4) is 5.75 Å². The number of carbonyl (C=O) groups is 1. The number of aromatic nitrogens is 1. The van der Waals surface area contributed by atoms with Gasteiger partial charge in [-0.1, -0.05) is 12.1 Å². The summed E-state index contributed by atoms with van der Waals surface area (Å²) in [7, 11) is 1.65. The Morgan fingerprint density at radius 1 is 1.06 bits per heavy atom. The lowest BCUT2D eigenvalue weighted by Crippen LogP contribution is -2.48. The normalized spacial score (nSPS) is 20.1. The molecule has 0 radical (unpaired) electrons. The third-order valence-electron chi connectivity index (χ3n) is 6.76. The molecular weight excluding hydrogens is 386 g/mol. The van der Waals surface area contributed by atoms with Crippen molar-refractivity contribution in [2.75, 3.05) is 23.9 Å². The highest BCUT2D eigenvalue weighted by Crippen LogP contribution is 2.37. The Labute approximate surface area is 183 Å². The van der Waals surface area contributed by atoms with Gasteiger partial charge in [0.2, 0.25) is 5.91 Å². The highest BCUT2D eigenvalue weighted by molar-refractivity contribution is 5.94. The molecule has 31 heavy (non-hydrogen) atoms. The number of anilines is 2. The summed E-state index contributed by atoms with van der Waals surface area (Å²) in [6, 6.07) is 18.7. The monoisotopic (exact) mass is 415 g/mol. The van der Waals surface area contributed by atoms with Gasteiger partial charge >= 0.3 is 0 Å². The molecule has 0 unspecified atom stereocenters. The minimum Gasteiger partial charge on any atom is -0.497 e. The van der Waals surface area contributed by atoms with Crippen LogP contribution in [0.1, 0.15) is 37.7 Å². The Kier molecular flexibility index (Phi) is 5.49. The van der Waals surface area contributed by atoms with E-state index in [-0.39, 0.29) is 5.91 Å². The number of hydrogen-bond donors (Lipinski definition) is 1. The molecule has 5 nitrogen and oxygen atoms in total. The number of benzene rings is 2. The number of carbonyl (C=O) groups excluding carboxylic acids is 1. The molecule has 3 aromatic rings. The molecule has 1 saturated carbocycles. The molecule has 2 saturated heterocycles. The van der Waals surface area contributed by atoms with Crippen molar-refractivity contribution in [3.05, 3.63) is 60.2 Å². The second-order valence-corrected chi connectivity index (χ2v) is 8.80. The van der Waals surface area contributed by atoms with Gasteiger partial charge in [-0.3, -0.25) is 4.79 Å². The Balaban J connectivity index is 1.22. The maximum Gasteiger partial charge on any atom is 0.224 e. The van der Waals surface area contributed by atoms with E-state index < -0.39 is 0 Å². The van der Waals surface area contributed by atoms with Crippen LogP contribution in [0.25, 0.3) is 10.9 Å². The van der Waals surface area contributed by atoms with E-state index >= 15 is 0 Å². The molecular formula is C26H29N3O2. The van der Waals surface area contributed by atoms with Crippen LogP contribution in [-0.4, -0.2) is 30.6 Å². The van der Waals surface area contributed by atoms with Crippen LogP contribution in [0.2, 0.25) is 0 Å². The molecule has 6 rings (SSSR count). The van der Waals surface area contributed by atoms with E-state index in [0.717, 1.165) is 46.2 Å². The van der Waals surface area contributed by atoms with Gasteiger partial charge < -0.3 is 15.0 Å².